The van der Waals surface area contributed by atoms with Crippen LogP contribution in [0.25, 0.3) is 0 Å². The van der Waals surface area contributed by atoms with Crippen LogP contribution >= 0.6 is 0 Å². The first kappa shape index (κ1) is 16.6. The molecule has 0 amide bonds. The van der Waals surface area contributed by atoms with Crippen molar-refractivity contribution in [1.82, 2.24) is 0 Å². The van der Waals surface area contributed by atoms with Crippen LogP contribution in [0.4, 0.5) is 0 Å². The molecule has 0 radical (unpaired) electrons. The van der Waals surface area contributed by atoms with Crippen molar-refractivity contribution in [1.29, 1.82) is 0 Å². The number of rotatable bonds is 5. The molecule has 0 atom stereocenters. The van der Waals surface area contributed by atoms with Crippen molar-refractivity contribution in [2.45, 2.75) is 58.9 Å². The van der Waals surface area contributed by atoms with Gasteiger partial charge in [0, 0.05) is 12.8 Å². The average Bonchev–Trinajstić information content (AvgIpc) is 2.49. The molecule has 0 saturated heterocycles. The van der Waals surface area contributed by atoms with Crippen molar-refractivity contribution in [2.75, 3.05) is 0 Å². The molecule has 0 spiro atoms. The zero-order valence-electron chi connectivity index (χ0n) is 13.1. The summed E-state index contributed by atoms with van der Waals surface area (Å²) in [5.41, 5.74) is 7.08. The van der Waals surface area contributed by atoms with E-state index in [0.29, 0.717) is 0 Å². The summed E-state index contributed by atoms with van der Waals surface area (Å²) < 4.78 is 0. The second kappa shape index (κ2) is 9.46. The minimum Gasteiger partial charge on any atom is -0.110 e. The lowest BCUT2D eigenvalue weighted by atomic mass is 10.3. The van der Waals surface area contributed by atoms with Crippen LogP contribution in [0.1, 0.15) is 52.4 Å². The number of hydrogen-bond acceptors (Lipinski definition) is 0. The molecule has 0 fully saturated rings. The van der Waals surface area contributed by atoms with Crippen molar-refractivity contribution >= 4 is 13.3 Å². The lowest BCUT2D eigenvalue weighted by Crippen LogP contribution is -2.42. The minimum atomic E-state index is -1.95. The first-order valence-corrected chi connectivity index (χ1v) is 10.3. The van der Waals surface area contributed by atoms with E-state index in [2.05, 4.69) is 73.7 Å². The van der Waals surface area contributed by atoms with Crippen LogP contribution < -0.4 is 5.19 Å². The summed E-state index contributed by atoms with van der Waals surface area (Å²) in [4.78, 5) is 0. The lowest BCUT2D eigenvalue weighted by molar-refractivity contribution is 0.828. The molecule has 0 aromatic heterocycles. The molecule has 0 aliphatic rings. The van der Waals surface area contributed by atoms with Gasteiger partial charge in [0.05, 0.1) is 0 Å². The van der Waals surface area contributed by atoms with E-state index in [1.54, 1.807) is 0 Å². The van der Waals surface area contributed by atoms with Gasteiger partial charge in [0.25, 0.3) is 0 Å². The highest BCUT2D eigenvalue weighted by Crippen LogP contribution is 2.03. The molecular weight excluding hydrogens is 256 g/mol. The first-order valence-electron chi connectivity index (χ1n) is 7.78. The van der Waals surface area contributed by atoms with E-state index in [1.807, 2.05) is 0 Å². The highest BCUT2D eigenvalue weighted by Gasteiger charge is 2.25. The maximum absolute atomic E-state index is 3.54. The maximum Gasteiger partial charge on any atom is 0.243 e. The predicted molar refractivity (Wildman–Crippen MR) is 92.3 cm³/mol. The van der Waals surface area contributed by atoms with Crippen LogP contribution in [0.15, 0.2) is 30.3 Å². The van der Waals surface area contributed by atoms with Gasteiger partial charge in [-0.25, -0.2) is 0 Å². The largest absolute Gasteiger partial charge is 0.243 e. The molecule has 1 aromatic rings. The molecule has 0 nitrogen and oxygen atoms in total. The Bertz CT molecular complexity index is 467. The number of hydrogen-bond donors (Lipinski definition) is 0. The van der Waals surface area contributed by atoms with E-state index < -0.39 is 8.07 Å². The van der Waals surface area contributed by atoms with Gasteiger partial charge < -0.3 is 0 Å². The normalized spacial score (nSPS) is 10.2. The molecule has 0 N–H and O–H groups in total. The monoisotopic (exact) mass is 282 g/mol. The van der Waals surface area contributed by atoms with E-state index in [0.717, 1.165) is 12.8 Å². The molecule has 0 aliphatic heterocycles. The van der Waals surface area contributed by atoms with Crippen LogP contribution in [-0.4, -0.2) is 8.07 Å². The van der Waals surface area contributed by atoms with Crippen LogP contribution in [0, 0.1) is 22.9 Å². The van der Waals surface area contributed by atoms with Crippen LogP contribution in [0.5, 0.6) is 0 Å². The fourth-order valence-electron chi connectivity index (χ4n) is 1.96. The zero-order chi connectivity index (χ0) is 14.7. The smallest absolute Gasteiger partial charge is 0.110 e. The quantitative estimate of drug-likeness (QED) is 0.425. The Morgan fingerprint density at radius 2 is 1.35 bits per heavy atom. The molecule has 20 heavy (non-hydrogen) atoms. The summed E-state index contributed by atoms with van der Waals surface area (Å²) in [6, 6.07) is 10.6. The van der Waals surface area contributed by atoms with E-state index in [1.165, 1.54) is 30.9 Å². The topological polar surface area (TPSA) is 0 Å². The van der Waals surface area contributed by atoms with Crippen molar-refractivity contribution in [3.05, 3.63) is 30.3 Å². The second-order valence-electron chi connectivity index (χ2n) is 5.30. The Hall–Kier alpha value is -1.44. The molecule has 0 bridgehead atoms. The summed E-state index contributed by atoms with van der Waals surface area (Å²) in [7, 11) is -1.95. The molecule has 0 saturated carbocycles. The fourth-order valence-corrected chi connectivity index (χ4v) is 4.12. The molecule has 0 unspecified atom stereocenters. The zero-order valence-corrected chi connectivity index (χ0v) is 14.1. The van der Waals surface area contributed by atoms with Gasteiger partial charge in [-0.2, -0.15) is 0 Å². The third-order valence-corrected chi connectivity index (χ3v) is 6.18. The van der Waals surface area contributed by atoms with Crippen molar-refractivity contribution in [3.63, 3.8) is 0 Å². The lowest BCUT2D eigenvalue weighted by Gasteiger charge is -2.14. The standard InChI is InChI=1S/C19H26Si/c1-4-6-8-13-17-20(3,18-14-9-7-5-2)19-15-11-10-12-16-19/h10-12,15-16H,4-9H2,1-3H3. The maximum atomic E-state index is 3.54. The van der Waals surface area contributed by atoms with Gasteiger partial charge in [0.1, 0.15) is 0 Å². The predicted octanol–water partition coefficient (Wildman–Crippen LogP) is 4.44. The molecule has 106 valence electrons. The summed E-state index contributed by atoms with van der Waals surface area (Å²) >= 11 is 0. The Morgan fingerprint density at radius 1 is 0.850 bits per heavy atom. The molecule has 1 aromatic carbocycles. The van der Waals surface area contributed by atoms with E-state index in [9.17, 15) is 0 Å². The van der Waals surface area contributed by atoms with Gasteiger partial charge in [-0.15, -0.1) is 22.9 Å². The van der Waals surface area contributed by atoms with Crippen molar-refractivity contribution in [2.24, 2.45) is 0 Å². The number of benzene rings is 1. The first-order chi connectivity index (χ1) is 9.73. The summed E-state index contributed by atoms with van der Waals surface area (Å²) in [6.07, 6.45) is 6.80. The molecule has 1 rings (SSSR count). The Kier molecular flexibility index (Phi) is 7.86. The third kappa shape index (κ3) is 5.68. The van der Waals surface area contributed by atoms with Crippen molar-refractivity contribution in [3.8, 4) is 22.9 Å². The van der Waals surface area contributed by atoms with E-state index in [-0.39, 0.29) is 0 Å². The Labute approximate surface area is 126 Å². The Morgan fingerprint density at radius 3 is 1.80 bits per heavy atom. The number of unbranched alkanes of at least 4 members (excludes halogenated alkanes) is 4. The molecule has 0 aliphatic carbocycles. The average molecular weight is 283 g/mol. The molecule has 0 heterocycles. The molecular formula is C19H26Si. The van der Waals surface area contributed by atoms with Gasteiger partial charge in [-0.1, -0.05) is 57.0 Å². The third-order valence-electron chi connectivity index (χ3n) is 3.34. The highest BCUT2D eigenvalue weighted by molar-refractivity contribution is 7.03. The van der Waals surface area contributed by atoms with Crippen LogP contribution in [0.3, 0.4) is 0 Å². The van der Waals surface area contributed by atoms with Crippen molar-refractivity contribution < 1.29 is 0 Å². The summed E-state index contributed by atoms with van der Waals surface area (Å²) in [6.45, 7) is 6.69. The van der Waals surface area contributed by atoms with Gasteiger partial charge in [0.15, 0.2) is 0 Å². The Balaban J connectivity index is 2.92. The molecule has 1 heteroatoms. The van der Waals surface area contributed by atoms with Gasteiger partial charge in [-0.3, -0.25) is 0 Å². The minimum absolute atomic E-state index is 1.00. The van der Waals surface area contributed by atoms with Gasteiger partial charge in [0.2, 0.25) is 8.07 Å². The van der Waals surface area contributed by atoms with Gasteiger partial charge >= 0.3 is 0 Å². The highest BCUT2D eigenvalue weighted by atomic mass is 28.3. The van der Waals surface area contributed by atoms with Gasteiger partial charge in [-0.05, 0) is 24.6 Å². The van der Waals surface area contributed by atoms with Crippen LogP contribution in [-0.2, 0) is 0 Å². The SMILES string of the molecule is CCCCC#C[Si](C)(C#CCCCC)c1ccccc1. The fraction of sp³-hybridized carbons (Fsp3) is 0.474. The second-order valence-corrected chi connectivity index (χ2v) is 8.63. The van der Waals surface area contributed by atoms with E-state index >= 15 is 0 Å². The summed E-state index contributed by atoms with van der Waals surface area (Å²) in [5.74, 6) is 6.75. The summed E-state index contributed by atoms with van der Waals surface area (Å²) in [5, 5.41) is 1.34. The van der Waals surface area contributed by atoms with Crippen LogP contribution in [0.2, 0.25) is 6.55 Å². The van der Waals surface area contributed by atoms with E-state index in [4.69, 9.17) is 0 Å².